The van der Waals surface area contributed by atoms with Crippen molar-refractivity contribution in [2.45, 2.75) is 39.4 Å². The lowest BCUT2D eigenvalue weighted by Gasteiger charge is -2.28. The minimum Gasteiger partial charge on any atom is -0.494 e. The summed E-state index contributed by atoms with van der Waals surface area (Å²) in [7, 11) is 1.74. The van der Waals surface area contributed by atoms with Crippen LogP contribution in [0.1, 0.15) is 41.7 Å². The second-order valence-corrected chi connectivity index (χ2v) is 8.28. The van der Waals surface area contributed by atoms with Crippen LogP contribution in [0, 0.1) is 13.8 Å². The Morgan fingerprint density at radius 2 is 1.91 bits per heavy atom. The molecule has 2 atom stereocenters. The normalized spacial score (nSPS) is 18.1. The van der Waals surface area contributed by atoms with E-state index in [2.05, 4.69) is 57.9 Å². The van der Waals surface area contributed by atoms with E-state index in [4.69, 9.17) is 21.7 Å². The van der Waals surface area contributed by atoms with Crippen molar-refractivity contribution in [3.8, 4) is 5.75 Å². The van der Waals surface area contributed by atoms with Crippen molar-refractivity contribution in [3.63, 3.8) is 0 Å². The molecule has 3 heterocycles. The van der Waals surface area contributed by atoms with Crippen molar-refractivity contribution in [1.29, 1.82) is 0 Å². The fraction of sp³-hybridized carbons (Fsp3) is 0.360. The van der Waals surface area contributed by atoms with Crippen LogP contribution in [0.3, 0.4) is 0 Å². The minimum absolute atomic E-state index is 0.0298. The number of benzene rings is 1. The van der Waals surface area contributed by atoms with Gasteiger partial charge in [0.25, 0.3) is 0 Å². The lowest BCUT2D eigenvalue weighted by Crippen LogP contribution is -2.29. The van der Waals surface area contributed by atoms with E-state index in [-0.39, 0.29) is 12.1 Å². The first-order chi connectivity index (χ1) is 15.5. The van der Waals surface area contributed by atoms with Crippen LogP contribution in [-0.2, 0) is 11.3 Å². The van der Waals surface area contributed by atoms with Gasteiger partial charge < -0.3 is 24.3 Å². The first-order valence-electron chi connectivity index (χ1n) is 10.9. The molecule has 0 saturated carbocycles. The molecular formula is C25H30N4O2S. The molecule has 6 nitrogen and oxygen atoms in total. The summed E-state index contributed by atoms with van der Waals surface area (Å²) in [6.07, 6.45) is 1.83. The zero-order chi connectivity index (χ0) is 22.7. The summed E-state index contributed by atoms with van der Waals surface area (Å²) in [5, 5.41) is 4.23. The van der Waals surface area contributed by atoms with E-state index in [9.17, 15) is 0 Å². The molecule has 1 N–H and O–H groups in total. The Morgan fingerprint density at radius 1 is 1.12 bits per heavy atom. The second-order valence-electron chi connectivity index (χ2n) is 7.89. The number of aromatic nitrogens is 2. The molecule has 1 aliphatic heterocycles. The third-order valence-electron chi connectivity index (χ3n) is 5.97. The Balaban J connectivity index is 1.80. The zero-order valence-corrected chi connectivity index (χ0v) is 19.9. The molecule has 32 heavy (non-hydrogen) atoms. The molecule has 1 saturated heterocycles. The Kier molecular flexibility index (Phi) is 6.77. The highest BCUT2D eigenvalue weighted by atomic mass is 32.1. The van der Waals surface area contributed by atoms with Crippen molar-refractivity contribution in [3.05, 3.63) is 77.4 Å². The van der Waals surface area contributed by atoms with E-state index in [1.54, 1.807) is 7.11 Å². The maximum absolute atomic E-state index is 5.84. The number of anilines is 1. The highest BCUT2D eigenvalue weighted by molar-refractivity contribution is 7.80. The van der Waals surface area contributed by atoms with Crippen LogP contribution in [0.15, 0.2) is 54.7 Å². The fourth-order valence-electron chi connectivity index (χ4n) is 4.47. The third-order valence-corrected chi connectivity index (χ3v) is 6.29. The number of rotatable bonds is 8. The van der Waals surface area contributed by atoms with Gasteiger partial charge in [-0.25, -0.2) is 0 Å². The molecular weight excluding hydrogens is 420 g/mol. The topological polar surface area (TPSA) is 51.5 Å². The average molecular weight is 451 g/mol. The van der Waals surface area contributed by atoms with Gasteiger partial charge in [0.15, 0.2) is 5.11 Å². The fourth-order valence-corrected chi connectivity index (χ4v) is 4.82. The van der Waals surface area contributed by atoms with Crippen molar-refractivity contribution >= 4 is 23.0 Å². The Bertz CT molecular complexity index is 1070. The van der Waals surface area contributed by atoms with Crippen LogP contribution in [0.25, 0.3) is 0 Å². The number of methoxy groups -OCH3 is 1. The number of nitrogens with zero attached hydrogens (tertiary/aromatic N) is 3. The zero-order valence-electron chi connectivity index (χ0n) is 19.0. The van der Waals surface area contributed by atoms with E-state index >= 15 is 0 Å². The largest absolute Gasteiger partial charge is 0.494 e. The highest BCUT2D eigenvalue weighted by Crippen LogP contribution is 2.43. The van der Waals surface area contributed by atoms with Crippen LogP contribution in [0.4, 0.5) is 5.69 Å². The van der Waals surface area contributed by atoms with Gasteiger partial charge in [-0.3, -0.25) is 4.98 Å². The van der Waals surface area contributed by atoms with Crippen LogP contribution in [-0.4, -0.2) is 35.0 Å². The molecule has 0 radical (unpaired) electrons. The Morgan fingerprint density at radius 3 is 2.56 bits per heavy atom. The number of nitrogens with one attached hydrogen (secondary N) is 1. The first kappa shape index (κ1) is 22.3. The summed E-state index contributed by atoms with van der Waals surface area (Å²) in [6.45, 7) is 8.43. The summed E-state index contributed by atoms with van der Waals surface area (Å²) in [4.78, 5) is 6.85. The lowest BCUT2D eigenvalue weighted by atomic mass is 9.96. The van der Waals surface area contributed by atoms with Gasteiger partial charge in [0.05, 0.1) is 31.0 Å². The van der Waals surface area contributed by atoms with Crippen molar-refractivity contribution in [2.24, 2.45) is 0 Å². The molecule has 0 aliphatic carbocycles. The van der Waals surface area contributed by atoms with Gasteiger partial charge in [0.2, 0.25) is 0 Å². The summed E-state index contributed by atoms with van der Waals surface area (Å²) in [6, 6.07) is 16.3. The molecule has 0 bridgehead atoms. The van der Waals surface area contributed by atoms with E-state index in [0.717, 1.165) is 23.7 Å². The van der Waals surface area contributed by atoms with Crippen LogP contribution in [0.2, 0.25) is 0 Å². The summed E-state index contributed by atoms with van der Waals surface area (Å²) >= 11 is 5.84. The van der Waals surface area contributed by atoms with E-state index in [1.807, 2.05) is 37.4 Å². The van der Waals surface area contributed by atoms with E-state index in [1.165, 1.54) is 17.0 Å². The monoisotopic (exact) mass is 450 g/mol. The average Bonchev–Trinajstić information content (AvgIpc) is 3.29. The number of ether oxygens (including phenoxy) is 2. The number of aryl methyl sites for hydroxylation is 1. The molecule has 1 aliphatic rings. The van der Waals surface area contributed by atoms with Gasteiger partial charge in [0.1, 0.15) is 5.75 Å². The molecule has 1 aromatic carbocycles. The molecule has 0 spiro atoms. The third kappa shape index (κ3) is 4.23. The predicted molar refractivity (Wildman–Crippen MR) is 131 cm³/mol. The molecule has 0 amide bonds. The second kappa shape index (κ2) is 9.71. The standard InChI is InChI=1S/C25H30N4O2S/c1-5-31-20-11-9-19(10-12-20)29-24(21-16-17(2)28(18(21)3)14-15-30-4)23(27-25(29)32)22-8-6-7-13-26-22/h6-13,16,23-24H,5,14-15H2,1-4H3,(H,27,32)/t23-,24+/m1/s1. The molecule has 2 aromatic heterocycles. The summed E-state index contributed by atoms with van der Waals surface area (Å²) < 4.78 is 13.3. The Hall–Kier alpha value is -2.90. The number of hydrogen-bond donors (Lipinski definition) is 1. The van der Waals surface area contributed by atoms with Crippen molar-refractivity contribution in [1.82, 2.24) is 14.9 Å². The van der Waals surface area contributed by atoms with Gasteiger partial charge in [-0.15, -0.1) is 0 Å². The van der Waals surface area contributed by atoms with Crippen molar-refractivity contribution < 1.29 is 9.47 Å². The van der Waals surface area contributed by atoms with Crippen LogP contribution < -0.4 is 15.0 Å². The number of pyridine rings is 1. The van der Waals surface area contributed by atoms with Gasteiger partial charge in [-0.2, -0.15) is 0 Å². The van der Waals surface area contributed by atoms with Crippen LogP contribution >= 0.6 is 12.2 Å². The summed E-state index contributed by atoms with van der Waals surface area (Å²) in [5.41, 5.74) is 5.65. The van der Waals surface area contributed by atoms with Gasteiger partial charge in [-0.1, -0.05) is 6.07 Å². The first-order valence-corrected chi connectivity index (χ1v) is 11.3. The van der Waals surface area contributed by atoms with Gasteiger partial charge in [0, 0.05) is 36.9 Å². The minimum atomic E-state index is -0.0633. The number of hydrogen-bond acceptors (Lipinski definition) is 4. The highest BCUT2D eigenvalue weighted by Gasteiger charge is 2.42. The molecule has 7 heteroatoms. The maximum Gasteiger partial charge on any atom is 0.174 e. The summed E-state index contributed by atoms with van der Waals surface area (Å²) in [5.74, 6) is 0.852. The maximum atomic E-state index is 5.84. The molecule has 168 valence electrons. The molecule has 1 fully saturated rings. The number of thiocarbonyl (C=S) groups is 1. The Labute approximate surface area is 195 Å². The molecule has 3 aromatic rings. The smallest absolute Gasteiger partial charge is 0.174 e. The molecule has 0 unspecified atom stereocenters. The predicted octanol–water partition coefficient (Wildman–Crippen LogP) is 4.72. The lowest BCUT2D eigenvalue weighted by molar-refractivity contribution is 0.186. The quantitative estimate of drug-likeness (QED) is 0.501. The van der Waals surface area contributed by atoms with Gasteiger partial charge >= 0.3 is 0 Å². The SMILES string of the molecule is CCOc1ccc(N2C(=S)N[C@H](c3ccccn3)[C@@H]2c2cc(C)n(CCOC)c2C)cc1. The van der Waals surface area contributed by atoms with Gasteiger partial charge in [-0.05, 0) is 81.0 Å². The van der Waals surface area contributed by atoms with Crippen molar-refractivity contribution in [2.75, 3.05) is 25.2 Å². The van der Waals surface area contributed by atoms with E-state index in [0.29, 0.717) is 18.3 Å². The van der Waals surface area contributed by atoms with E-state index < -0.39 is 0 Å². The molecule has 4 rings (SSSR count). The van der Waals surface area contributed by atoms with Crippen LogP contribution in [0.5, 0.6) is 5.75 Å².